The fraction of sp³-hybridized carbons (Fsp3) is 0.240. The molecule has 2 atom stereocenters. The van der Waals surface area contributed by atoms with Crippen molar-refractivity contribution in [3.63, 3.8) is 0 Å². The average molecular weight is 481 g/mol. The number of halogens is 3. The fourth-order valence-corrected chi connectivity index (χ4v) is 4.29. The van der Waals surface area contributed by atoms with E-state index < -0.39 is 29.5 Å². The second-order valence-electron chi connectivity index (χ2n) is 8.37. The Morgan fingerprint density at radius 2 is 1.89 bits per heavy atom. The van der Waals surface area contributed by atoms with Gasteiger partial charge in [-0.1, -0.05) is 12.1 Å². The minimum atomic E-state index is -1.55. The number of aliphatic hydroxyl groups is 1. The van der Waals surface area contributed by atoms with E-state index in [1.165, 1.54) is 0 Å². The highest BCUT2D eigenvalue weighted by molar-refractivity contribution is 5.69. The number of aromatic nitrogens is 5. The fourth-order valence-electron chi connectivity index (χ4n) is 4.29. The van der Waals surface area contributed by atoms with Crippen molar-refractivity contribution in [3.05, 3.63) is 88.8 Å². The van der Waals surface area contributed by atoms with E-state index in [1.807, 2.05) is 42.0 Å². The van der Waals surface area contributed by atoms with Crippen molar-refractivity contribution >= 4 is 12.2 Å². The van der Waals surface area contributed by atoms with Crippen LogP contribution in [0.15, 0.2) is 42.9 Å². The summed E-state index contributed by atoms with van der Waals surface area (Å²) in [7, 11) is 1.59. The minimum absolute atomic E-state index is 0.104. The van der Waals surface area contributed by atoms with Crippen LogP contribution in [0, 0.1) is 24.4 Å². The molecule has 1 unspecified atom stereocenters. The van der Waals surface area contributed by atoms with E-state index in [4.69, 9.17) is 4.74 Å². The molecule has 10 heteroatoms. The van der Waals surface area contributed by atoms with E-state index >= 15 is 0 Å². The van der Waals surface area contributed by atoms with Crippen LogP contribution in [0.4, 0.5) is 13.2 Å². The molecular weight excluding hydrogens is 459 g/mol. The summed E-state index contributed by atoms with van der Waals surface area (Å²) in [5.74, 6) is -3.62. The summed E-state index contributed by atoms with van der Waals surface area (Å²) in [6, 6.07) is 7.48. The number of nitrogens with zero attached hydrogens (tertiary/aromatic N) is 5. The number of fused-ring (bicyclic) bond motifs is 1. The molecule has 0 fully saturated rings. The lowest BCUT2D eigenvalue weighted by Crippen LogP contribution is -2.30. The maximum absolute atomic E-state index is 13.8. The lowest BCUT2D eigenvalue weighted by Gasteiger charge is -2.27. The van der Waals surface area contributed by atoms with Crippen molar-refractivity contribution in [1.29, 1.82) is 0 Å². The van der Waals surface area contributed by atoms with E-state index in [-0.39, 0.29) is 5.56 Å². The standard InChI is InChI=1S/C25H22F3N5O2/c1-14-12-32(13-29-14)19-5-3-15(9-21(19)35-2)4-6-22-30-25-23(20(34)7-8-33(25)31-22)16-10-17(26)24(28)18(27)11-16/h3-6,9-13,20,23,34H,7-8H2,1-2H3/b6-4+/t20-,23?/m0/s1. The Balaban J connectivity index is 1.44. The van der Waals surface area contributed by atoms with Crippen LogP contribution < -0.4 is 4.74 Å². The van der Waals surface area contributed by atoms with Crippen LogP contribution in [0.1, 0.15) is 40.8 Å². The van der Waals surface area contributed by atoms with Gasteiger partial charge in [-0.05, 0) is 54.8 Å². The molecule has 0 saturated heterocycles. The van der Waals surface area contributed by atoms with Crippen LogP contribution in [-0.4, -0.2) is 42.6 Å². The van der Waals surface area contributed by atoms with Crippen molar-refractivity contribution in [2.45, 2.75) is 31.9 Å². The van der Waals surface area contributed by atoms with E-state index in [0.29, 0.717) is 30.4 Å². The van der Waals surface area contributed by atoms with Gasteiger partial charge in [0.25, 0.3) is 0 Å². The largest absolute Gasteiger partial charge is 0.495 e. The third-order valence-electron chi connectivity index (χ3n) is 6.00. The molecular formula is C25H22F3N5O2. The summed E-state index contributed by atoms with van der Waals surface area (Å²) in [6.45, 7) is 2.30. The number of hydrogen-bond acceptors (Lipinski definition) is 5. The van der Waals surface area contributed by atoms with Crippen LogP contribution in [0.5, 0.6) is 5.75 Å². The summed E-state index contributed by atoms with van der Waals surface area (Å²) in [5, 5.41) is 15.0. The lowest BCUT2D eigenvalue weighted by atomic mass is 9.88. The van der Waals surface area contributed by atoms with Crippen LogP contribution in [0.25, 0.3) is 17.8 Å². The number of hydrogen-bond donors (Lipinski definition) is 1. The van der Waals surface area contributed by atoms with E-state index in [0.717, 1.165) is 29.1 Å². The molecule has 4 aromatic rings. The van der Waals surface area contributed by atoms with Gasteiger partial charge in [-0.2, -0.15) is 5.10 Å². The Morgan fingerprint density at radius 1 is 1.11 bits per heavy atom. The molecule has 0 amide bonds. The van der Waals surface area contributed by atoms with Crippen molar-refractivity contribution in [2.75, 3.05) is 7.11 Å². The van der Waals surface area contributed by atoms with Crippen LogP contribution >= 0.6 is 0 Å². The topological polar surface area (TPSA) is 78.0 Å². The molecule has 0 bridgehead atoms. The van der Waals surface area contributed by atoms with Gasteiger partial charge in [-0.25, -0.2) is 27.8 Å². The van der Waals surface area contributed by atoms with Gasteiger partial charge >= 0.3 is 0 Å². The molecule has 0 radical (unpaired) electrons. The van der Waals surface area contributed by atoms with Gasteiger partial charge in [0.1, 0.15) is 11.6 Å². The quantitative estimate of drug-likeness (QED) is 0.431. The first-order chi connectivity index (χ1) is 16.8. The molecule has 1 aliphatic heterocycles. The van der Waals surface area contributed by atoms with Gasteiger partial charge in [-0.3, -0.25) is 0 Å². The predicted octanol–water partition coefficient (Wildman–Crippen LogP) is 4.27. The predicted molar refractivity (Wildman–Crippen MR) is 123 cm³/mol. The zero-order valence-electron chi connectivity index (χ0n) is 19.0. The SMILES string of the molecule is COc1cc(/C=C/c2nc3n(n2)CC[C@H](O)C3c2cc(F)c(F)c(F)c2)ccc1-n1cnc(C)c1. The maximum Gasteiger partial charge on any atom is 0.194 e. The number of methoxy groups -OCH3 is 1. The van der Waals surface area contributed by atoms with E-state index in [1.54, 1.807) is 24.2 Å². The number of benzene rings is 2. The average Bonchev–Trinajstić information content (AvgIpc) is 3.46. The van der Waals surface area contributed by atoms with Gasteiger partial charge in [0.2, 0.25) is 0 Å². The van der Waals surface area contributed by atoms with E-state index in [9.17, 15) is 18.3 Å². The first-order valence-electron chi connectivity index (χ1n) is 11.0. The van der Waals surface area contributed by atoms with Crippen molar-refractivity contribution in [2.24, 2.45) is 0 Å². The van der Waals surface area contributed by atoms with Crippen LogP contribution in [0.3, 0.4) is 0 Å². The molecule has 35 heavy (non-hydrogen) atoms. The molecule has 1 aliphatic rings. The number of rotatable bonds is 5. The Labute approximate surface area is 199 Å². The monoisotopic (exact) mass is 481 g/mol. The molecule has 2 aromatic heterocycles. The van der Waals surface area contributed by atoms with Crippen molar-refractivity contribution in [3.8, 4) is 11.4 Å². The summed E-state index contributed by atoms with van der Waals surface area (Å²) < 4.78 is 50.1. The molecule has 5 rings (SSSR count). The van der Waals surface area contributed by atoms with Gasteiger partial charge in [0.05, 0.1) is 36.8 Å². The summed E-state index contributed by atoms with van der Waals surface area (Å²) >= 11 is 0. The molecule has 2 aromatic carbocycles. The zero-order chi connectivity index (χ0) is 24.7. The van der Waals surface area contributed by atoms with Gasteiger partial charge in [-0.15, -0.1) is 0 Å². The summed E-state index contributed by atoms with van der Waals surface area (Å²) in [5.41, 5.74) is 2.68. The molecule has 0 saturated carbocycles. The highest BCUT2D eigenvalue weighted by Gasteiger charge is 2.34. The third-order valence-corrected chi connectivity index (χ3v) is 6.00. The number of imidazole rings is 1. The number of ether oxygens (including phenoxy) is 1. The molecule has 3 heterocycles. The van der Waals surface area contributed by atoms with E-state index in [2.05, 4.69) is 15.1 Å². The number of aliphatic hydroxyl groups excluding tert-OH is 1. The first kappa shape index (κ1) is 22.9. The third kappa shape index (κ3) is 4.32. The number of aryl methyl sites for hydroxylation is 2. The van der Waals surface area contributed by atoms with Crippen LogP contribution in [0.2, 0.25) is 0 Å². The lowest BCUT2D eigenvalue weighted by molar-refractivity contribution is 0.118. The second kappa shape index (κ2) is 9.03. The molecule has 1 N–H and O–H groups in total. The Kier molecular flexibility index (Phi) is 5.89. The smallest absolute Gasteiger partial charge is 0.194 e. The van der Waals surface area contributed by atoms with Crippen molar-refractivity contribution < 1.29 is 23.0 Å². The minimum Gasteiger partial charge on any atom is -0.495 e. The highest BCUT2D eigenvalue weighted by Crippen LogP contribution is 2.34. The second-order valence-corrected chi connectivity index (χ2v) is 8.37. The maximum atomic E-state index is 13.8. The molecule has 7 nitrogen and oxygen atoms in total. The normalized spacial score (nSPS) is 17.7. The Hall–Kier alpha value is -3.92. The Morgan fingerprint density at radius 3 is 2.57 bits per heavy atom. The van der Waals surface area contributed by atoms with Crippen LogP contribution in [-0.2, 0) is 6.54 Å². The Bertz CT molecular complexity index is 1410. The first-order valence-corrected chi connectivity index (χ1v) is 11.0. The molecule has 180 valence electrons. The van der Waals surface area contributed by atoms with Gasteiger partial charge in [0.15, 0.2) is 23.3 Å². The summed E-state index contributed by atoms with van der Waals surface area (Å²) in [6.07, 6.45) is 6.52. The van der Waals surface area contributed by atoms with Crippen molar-refractivity contribution in [1.82, 2.24) is 24.3 Å². The molecule has 0 spiro atoms. The summed E-state index contributed by atoms with van der Waals surface area (Å²) in [4.78, 5) is 8.73. The molecule has 0 aliphatic carbocycles. The highest BCUT2D eigenvalue weighted by atomic mass is 19.2. The van der Waals surface area contributed by atoms with Gasteiger partial charge in [0, 0.05) is 12.7 Å². The van der Waals surface area contributed by atoms with Gasteiger partial charge < -0.3 is 14.4 Å². The zero-order valence-corrected chi connectivity index (χ0v) is 19.0.